The SMILES string of the molecule is CC(O)C(=O)O.Fc1cccnc1.[Ag]. The standard InChI is InChI=1S/C5H4FN.C3H6O3.Ag/c6-5-2-1-3-7-4-5;1-2(4)3(5)6;/h1-4H;2,4H,1H3,(H,5,6);. The van der Waals surface area contributed by atoms with Crippen molar-refractivity contribution in [2.75, 3.05) is 0 Å². The summed E-state index contributed by atoms with van der Waals surface area (Å²) in [5.41, 5.74) is 0. The molecule has 1 rings (SSSR count). The quantitative estimate of drug-likeness (QED) is 0.747. The first-order chi connectivity index (χ1) is 6.04. The van der Waals surface area contributed by atoms with Crippen LogP contribution in [0.15, 0.2) is 24.5 Å². The number of hydrogen-bond donors (Lipinski definition) is 2. The molecule has 0 saturated carbocycles. The first-order valence-corrected chi connectivity index (χ1v) is 3.50. The first kappa shape index (κ1) is 15.7. The van der Waals surface area contributed by atoms with Crippen molar-refractivity contribution in [3.63, 3.8) is 0 Å². The van der Waals surface area contributed by atoms with Crippen molar-refractivity contribution >= 4 is 5.97 Å². The van der Waals surface area contributed by atoms with Crippen molar-refractivity contribution < 1.29 is 41.8 Å². The van der Waals surface area contributed by atoms with Crippen LogP contribution in [0.5, 0.6) is 0 Å². The van der Waals surface area contributed by atoms with Gasteiger partial charge in [0.05, 0.1) is 6.20 Å². The Bertz CT molecular complexity index is 256. The van der Waals surface area contributed by atoms with Crippen molar-refractivity contribution in [2.24, 2.45) is 0 Å². The average Bonchev–Trinajstić information content (AvgIpc) is 2.06. The predicted molar refractivity (Wildman–Crippen MR) is 43.5 cm³/mol. The summed E-state index contributed by atoms with van der Waals surface area (Å²) in [6.45, 7) is 1.20. The normalized spacial score (nSPS) is 10.2. The molecule has 1 aromatic rings. The zero-order valence-electron chi connectivity index (χ0n) is 7.32. The van der Waals surface area contributed by atoms with Crippen LogP contribution in [0.3, 0.4) is 0 Å². The molecule has 1 aromatic heterocycles. The average molecular weight is 295 g/mol. The van der Waals surface area contributed by atoms with Gasteiger partial charge in [-0.1, -0.05) is 0 Å². The molecule has 2 N–H and O–H groups in total. The summed E-state index contributed by atoms with van der Waals surface area (Å²) in [4.78, 5) is 13.0. The van der Waals surface area contributed by atoms with Crippen LogP contribution in [0.2, 0.25) is 0 Å². The molecule has 0 aromatic carbocycles. The van der Waals surface area contributed by atoms with Gasteiger partial charge < -0.3 is 10.2 Å². The van der Waals surface area contributed by atoms with E-state index in [-0.39, 0.29) is 28.2 Å². The zero-order chi connectivity index (χ0) is 10.3. The van der Waals surface area contributed by atoms with Crippen LogP contribution in [0, 0.1) is 5.82 Å². The number of aromatic nitrogens is 1. The van der Waals surface area contributed by atoms with E-state index in [1.54, 1.807) is 6.07 Å². The summed E-state index contributed by atoms with van der Waals surface area (Å²) in [5, 5.41) is 15.8. The Morgan fingerprint density at radius 1 is 1.64 bits per heavy atom. The van der Waals surface area contributed by atoms with Crippen LogP contribution in [-0.4, -0.2) is 27.3 Å². The topological polar surface area (TPSA) is 70.4 Å². The molecule has 1 atom stereocenters. The van der Waals surface area contributed by atoms with Crippen molar-refractivity contribution in [2.45, 2.75) is 13.0 Å². The molecular weight excluding hydrogens is 285 g/mol. The van der Waals surface area contributed by atoms with Gasteiger partial charge in [-0.05, 0) is 19.1 Å². The van der Waals surface area contributed by atoms with Crippen LogP contribution < -0.4 is 0 Å². The predicted octanol–water partition coefficient (Wildman–Crippen LogP) is 0.670. The van der Waals surface area contributed by atoms with Crippen LogP contribution in [0.25, 0.3) is 0 Å². The van der Waals surface area contributed by atoms with E-state index < -0.39 is 12.1 Å². The van der Waals surface area contributed by atoms with Gasteiger partial charge in [-0.15, -0.1) is 0 Å². The Balaban J connectivity index is 0. The number of nitrogens with zero attached hydrogens (tertiary/aromatic N) is 1. The number of aliphatic hydroxyl groups excluding tert-OH is 1. The number of aliphatic carboxylic acids is 1. The molecule has 0 aliphatic rings. The second kappa shape index (κ2) is 8.83. The molecule has 0 amide bonds. The molecule has 1 heterocycles. The molecule has 83 valence electrons. The van der Waals surface area contributed by atoms with E-state index in [0.29, 0.717) is 0 Å². The van der Waals surface area contributed by atoms with E-state index in [9.17, 15) is 9.18 Å². The number of carboxylic acid groups (broad SMARTS) is 1. The Hall–Kier alpha value is -0.750. The fourth-order valence-corrected chi connectivity index (χ4v) is 0.342. The Morgan fingerprint density at radius 3 is 2.29 bits per heavy atom. The minimum absolute atomic E-state index is 0. The third-order valence-electron chi connectivity index (χ3n) is 0.983. The minimum atomic E-state index is -1.23. The number of aliphatic hydroxyl groups is 1. The minimum Gasteiger partial charge on any atom is -0.479 e. The van der Waals surface area contributed by atoms with E-state index in [2.05, 4.69) is 4.98 Å². The van der Waals surface area contributed by atoms with Crippen LogP contribution in [0.1, 0.15) is 6.92 Å². The van der Waals surface area contributed by atoms with Gasteiger partial charge in [0, 0.05) is 28.6 Å². The van der Waals surface area contributed by atoms with E-state index in [1.165, 1.54) is 25.4 Å². The van der Waals surface area contributed by atoms with Crippen molar-refractivity contribution in [3.8, 4) is 0 Å². The Labute approximate surface area is 96.3 Å². The monoisotopic (exact) mass is 294 g/mol. The number of carbonyl (C=O) groups is 1. The third kappa shape index (κ3) is 9.34. The maximum absolute atomic E-state index is 11.8. The Kier molecular flexibility index (Phi) is 9.91. The van der Waals surface area contributed by atoms with Gasteiger partial charge in [-0.2, -0.15) is 0 Å². The molecule has 4 nitrogen and oxygen atoms in total. The molecule has 0 aliphatic carbocycles. The maximum Gasteiger partial charge on any atom is 0.332 e. The van der Waals surface area contributed by atoms with Gasteiger partial charge in [0.25, 0.3) is 0 Å². The first-order valence-electron chi connectivity index (χ1n) is 3.50. The summed E-state index contributed by atoms with van der Waals surface area (Å²) < 4.78 is 11.8. The molecule has 0 fully saturated rings. The number of carboxylic acids is 1. The summed E-state index contributed by atoms with van der Waals surface area (Å²) in [6.07, 6.45) is 1.47. The molecule has 0 bridgehead atoms. The third-order valence-corrected chi connectivity index (χ3v) is 0.983. The summed E-state index contributed by atoms with van der Waals surface area (Å²) in [6, 6.07) is 2.91. The van der Waals surface area contributed by atoms with Gasteiger partial charge in [-0.25, -0.2) is 9.18 Å². The van der Waals surface area contributed by atoms with Gasteiger partial charge in [0.2, 0.25) is 0 Å². The van der Waals surface area contributed by atoms with E-state index in [1.807, 2.05) is 0 Å². The van der Waals surface area contributed by atoms with Crippen LogP contribution >= 0.6 is 0 Å². The Morgan fingerprint density at radius 2 is 2.14 bits per heavy atom. The molecule has 6 heteroatoms. The fourth-order valence-electron chi connectivity index (χ4n) is 0.342. The number of pyridine rings is 1. The largest absolute Gasteiger partial charge is 0.479 e. The molecular formula is C8H10AgFNO3. The van der Waals surface area contributed by atoms with E-state index in [0.717, 1.165) is 0 Å². The number of hydrogen-bond acceptors (Lipinski definition) is 3. The van der Waals surface area contributed by atoms with Crippen LogP contribution in [-0.2, 0) is 27.2 Å². The smallest absolute Gasteiger partial charge is 0.332 e. The second-order valence-electron chi connectivity index (χ2n) is 2.19. The van der Waals surface area contributed by atoms with Gasteiger partial charge in [0.1, 0.15) is 11.9 Å². The van der Waals surface area contributed by atoms with Crippen molar-refractivity contribution in [3.05, 3.63) is 30.3 Å². The van der Waals surface area contributed by atoms with Crippen molar-refractivity contribution in [1.29, 1.82) is 0 Å². The van der Waals surface area contributed by atoms with Gasteiger partial charge in [0.15, 0.2) is 0 Å². The summed E-state index contributed by atoms with van der Waals surface area (Å²) in [5.74, 6) is -1.47. The molecule has 0 aliphatic heterocycles. The zero-order valence-corrected chi connectivity index (χ0v) is 8.80. The second-order valence-corrected chi connectivity index (χ2v) is 2.19. The van der Waals surface area contributed by atoms with Crippen LogP contribution in [0.4, 0.5) is 4.39 Å². The molecule has 0 saturated heterocycles. The molecule has 0 spiro atoms. The molecule has 14 heavy (non-hydrogen) atoms. The molecule has 1 radical (unpaired) electrons. The summed E-state index contributed by atoms with van der Waals surface area (Å²) in [7, 11) is 0. The number of rotatable bonds is 1. The van der Waals surface area contributed by atoms with E-state index in [4.69, 9.17) is 10.2 Å². The number of halogens is 1. The summed E-state index contributed by atoms with van der Waals surface area (Å²) >= 11 is 0. The van der Waals surface area contributed by atoms with Gasteiger partial charge >= 0.3 is 5.97 Å². The molecule has 1 unspecified atom stereocenters. The van der Waals surface area contributed by atoms with E-state index >= 15 is 0 Å². The van der Waals surface area contributed by atoms with Gasteiger partial charge in [-0.3, -0.25) is 4.98 Å². The maximum atomic E-state index is 11.8. The fraction of sp³-hybridized carbons (Fsp3) is 0.250. The van der Waals surface area contributed by atoms with Crippen molar-refractivity contribution in [1.82, 2.24) is 4.98 Å².